The summed E-state index contributed by atoms with van der Waals surface area (Å²) in [6.45, 7) is 1.41. The first kappa shape index (κ1) is 12.4. The van der Waals surface area contributed by atoms with Crippen molar-refractivity contribution in [1.29, 1.82) is 0 Å². The first-order chi connectivity index (χ1) is 7.17. The molecule has 0 aliphatic carbocycles. The van der Waals surface area contributed by atoms with Crippen LogP contribution in [0.2, 0.25) is 0 Å². The topological polar surface area (TPSA) is 73.6 Å². The third-order valence-electron chi connectivity index (χ3n) is 2.85. The van der Waals surface area contributed by atoms with Crippen LogP contribution in [-0.4, -0.2) is 45.4 Å². The van der Waals surface area contributed by atoms with Gasteiger partial charge in [0.15, 0.2) is 0 Å². The standard InChI is InChI=1S/C10H20N2O3/c1-14-6-8-3-7(4-10(11)13)9(15-2)5-12-8/h7-9,12H,3-6H2,1-2H3,(H2,11,13)/t7-,8+,9-/m1/s1. The highest BCUT2D eigenvalue weighted by Crippen LogP contribution is 2.22. The van der Waals surface area contributed by atoms with E-state index in [1.165, 1.54) is 0 Å². The van der Waals surface area contributed by atoms with Crippen molar-refractivity contribution in [2.24, 2.45) is 11.7 Å². The first-order valence-corrected chi connectivity index (χ1v) is 5.20. The number of carbonyl (C=O) groups is 1. The monoisotopic (exact) mass is 216 g/mol. The second-order valence-electron chi connectivity index (χ2n) is 4.00. The summed E-state index contributed by atoms with van der Waals surface area (Å²) >= 11 is 0. The predicted octanol–water partition coefficient (Wildman–Crippen LogP) is -0.499. The molecule has 1 amide bonds. The van der Waals surface area contributed by atoms with E-state index < -0.39 is 0 Å². The fraction of sp³-hybridized carbons (Fsp3) is 0.900. The van der Waals surface area contributed by atoms with Gasteiger partial charge in [0.1, 0.15) is 0 Å². The van der Waals surface area contributed by atoms with Crippen LogP contribution in [0, 0.1) is 5.92 Å². The van der Waals surface area contributed by atoms with E-state index in [4.69, 9.17) is 15.2 Å². The summed E-state index contributed by atoms with van der Waals surface area (Å²) in [7, 11) is 3.34. The van der Waals surface area contributed by atoms with Gasteiger partial charge in [0.25, 0.3) is 0 Å². The van der Waals surface area contributed by atoms with Crippen LogP contribution in [0.5, 0.6) is 0 Å². The van der Waals surface area contributed by atoms with E-state index in [2.05, 4.69) is 5.32 Å². The summed E-state index contributed by atoms with van der Waals surface area (Å²) in [5.41, 5.74) is 5.21. The Morgan fingerprint density at radius 3 is 2.80 bits per heavy atom. The molecule has 1 fully saturated rings. The van der Waals surface area contributed by atoms with Crippen molar-refractivity contribution >= 4 is 5.91 Å². The number of ether oxygens (including phenoxy) is 2. The van der Waals surface area contributed by atoms with E-state index in [0.29, 0.717) is 19.1 Å². The minimum atomic E-state index is -0.264. The molecule has 88 valence electrons. The molecular weight excluding hydrogens is 196 g/mol. The van der Waals surface area contributed by atoms with E-state index in [0.717, 1.165) is 13.0 Å². The number of methoxy groups -OCH3 is 2. The van der Waals surface area contributed by atoms with Crippen LogP contribution >= 0.6 is 0 Å². The number of amides is 1. The maximum absolute atomic E-state index is 10.9. The van der Waals surface area contributed by atoms with E-state index in [-0.39, 0.29) is 17.9 Å². The number of piperidine rings is 1. The van der Waals surface area contributed by atoms with Crippen LogP contribution in [0.25, 0.3) is 0 Å². The Bertz CT molecular complexity index is 211. The summed E-state index contributed by atoms with van der Waals surface area (Å²) in [6, 6.07) is 0.297. The van der Waals surface area contributed by atoms with Crippen molar-refractivity contribution in [3.8, 4) is 0 Å². The fourth-order valence-corrected chi connectivity index (χ4v) is 2.13. The Morgan fingerprint density at radius 2 is 2.27 bits per heavy atom. The van der Waals surface area contributed by atoms with Gasteiger partial charge in [0, 0.05) is 33.2 Å². The summed E-state index contributed by atoms with van der Waals surface area (Å²) in [5.74, 6) is -0.0611. The molecule has 5 heteroatoms. The van der Waals surface area contributed by atoms with Crippen LogP contribution in [0.3, 0.4) is 0 Å². The lowest BCUT2D eigenvalue weighted by atomic mass is 9.87. The van der Waals surface area contributed by atoms with Gasteiger partial charge < -0.3 is 20.5 Å². The Balaban J connectivity index is 2.48. The van der Waals surface area contributed by atoms with Crippen LogP contribution in [0.15, 0.2) is 0 Å². The summed E-state index contributed by atoms with van der Waals surface area (Å²) < 4.78 is 10.4. The Morgan fingerprint density at radius 1 is 1.53 bits per heavy atom. The van der Waals surface area contributed by atoms with E-state index >= 15 is 0 Å². The van der Waals surface area contributed by atoms with Crippen molar-refractivity contribution in [3.05, 3.63) is 0 Å². The van der Waals surface area contributed by atoms with Gasteiger partial charge in [-0.1, -0.05) is 0 Å². The largest absolute Gasteiger partial charge is 0.383 e. The van der Waals surface area contributed by atoms with Gasteiger partial charge in [0.05, 0.1) is 12.7 Å². The van der Waals surface area contributed by atoms with Gasteiger partial charge in [0.2, 0.25) is 5.91 Å². The fourth-order valence-electron chi connectivity index (χ4n) is 2.13. The highest BCUT2D eigenvalue weighted by molar-refractivity contribution is 5.74. The molecule has 1 aliphatic heterocycles. The third-order valence-corrected chi connectivity index (χ3v) is 2.85. The molecule has 1 heterocycles. The van der Waals surface area contributed by atoms with Crippen LogP contribution < -0.4 is 11.1 Å². The maximum Gasteiger partial charge on any atom is 0.217 e. The Kier molecular flexibility index (Phi) is 5.01. The second-order valence-corrected chi connectivity index (χ2v) is 4.00. The zero-order chi connectivity index (χ0) is 11.3. The van der Waals surface area contributed by atoms with Gasteiger partial charge in [-0.05, 0) is 12.3 Å². The Hall–Kier alpha value is -0.650. The molecule has 1 saturated heterocycles. The van der Waals surface area contributed by atoms with Crippen molar-refractivity contribution in [1.82, 2.24) is 5.32 Å². The molecule has 5 nitrogen and oxygen atoms in total. The molecule has 3 N–H and O–H groups in total. The smallest absolute Gasteiger partial charge is 0.217 e. The van der Waals surface area contributed by atoms with Gasteiger partial charge in [-0.15, -0.1) is 0 Å². The van der Waals surface area contributed by atoms with Gasteiger partial charge in [-0.3, -0.25) is 4.79 Å². The molecule has 0 bridgehead atoms. The molecule has 0 saturated carbocycles. The number of primary amides is 1. The molecule has 0 spiro atoms. The number of rotatable bonds is 5. The molecule has 1 rings (SSSR count). The molecule has 0 aromatic rings. The average Bonchev–Trinajstić information content (AvgIpc) is 2.18. The Labute approximate surface area is 90.3 Å². The molecule has 0 radical (unpaired) electrons. The SMILES string of the molecule is COC[C@@H]1C[C@H](CC(N)=O)[C@H](OC)CN1. The van der Waals surface area contributed by atoms with E-state index in [1.807, 2.05) is 0 Å². The molecular formula is C10H20N2O3. The highest BCUT2D eigenvalue weighted by atomic mass is 16.5. The number of carbonyl (C=O) groups excluding carboxylic acids is 1. The van der Waals surface area contributed by atoms with Crippen LogP contribution in [-0.2, 0) is 14.3 Å². The van der Waals surface area contributed by atoms with Gasteiger partial charge in [-0.2, -0.15) is 0 Å². The van der Waals surface area contributed by atoms with Crippen molar-refractivity contribution in [2.45, 2.75) is 25.0 Å². The number of hydrogen-bond acceptors (Lipinski definition) is 4. The normalized spacial score (nSPS) is 31.5. The zero-order valence-corrected chi connectivity index (χ0v) is 9.36. The van der Waals surface area contributed by atoms with E-state index in [1.54, 1.807) is 14.2 Å². The minimum Gasteiger partial charge on any atom is -0.383 e. The van der Waals surface area contributed by atoms with Crippen LogP contribution in [0.1, 0.15) is 12.8 Å². The zero-order valence-electron chi connectivity index (χ0n) is 9.36. The van der Waals surface area contributed by atoms with Gasteiger partial charge in [-0.25, -0.2) is 0 Å². The van der Waals surface area contributed by atoms with Crippen molar-refractivity contribution < 1.29 is 14.3 Å². The lowest BCUT2D eigenvalue weighted by molar-refractivity contribution is -0.120. The molecule has 0 aromatic carbocycles. The van der Waals surface area contributed by atoms with Crippen molar-refractivity contribution in [2.75, 3.05) is 27.4 Å². The molecule has 0 aromatic heterocycles. The quantitative estimate of drug-likeness (QED) is 0.650. The first-order valence-electron chi connectivity index (χ1n) is 5.20. The average molecular weight is 216 g/mol. The molecule has 15 heavy (non-hydrogen) atoms. The highest BCUT2D eigenvalue weighted by Gasteiger charge is 2.31. The summed E-state index contributed by atoms with van der Waals surface area (Å²) in [4.78, 5) is 10.9. The predicted molar refractivity (Wildman–Crippen MR) is 56.4 cm³/mol. The van der Waals surface area contributed by atoms with Gasteiger partial charge >= 0.3 is 0 Å². The second kappa shape index (κ2) is 6.05. The molecule has 3 atom stereocenters. The maximum atomic E-state index is 10.9. The molecule has 0 unspecified atom stereocenters. The minimum absolute atomic E-state index is 0.0746. The number of nitrogens with two attached hydrogens (primary N) is 1. The summed E-state index contributed by atoms with van der Waals surface area (Å²) in [5, 5.41) is 3.32. The lowest BCUT2D eigenvalue weighted by Crippen LogP contribution is -2.50. The lowest BCUT2D eigenvalue weighted by Gasteiger charge is -2.35. The van der Waals surface area contributed by atoms with Crippen molar-refractivity contribution in [3.63, 3.8) is 0 Å². The summed E-state index contributed by atoms with van der Waals surface area (Å²) in [6.07, 6.45) is 1.33. The molecule has 1 aliphatic rings. The van der Waals surface area contributed by atoms with E-state index in [9.17, 15) is 4.79 Å². The van der Waals surface area contributed by atoms with Crippen LogP contribution in [0.4, 0.5) is 0 Å². The third kappa shape index (κ3) is 3.77. The number of nitrogens with one attached hydrogen (secondary N) is 1. The number of hydrogen-bond donors (Lipinski definition) is 2.